The third kappa shape index (κ3) is 4.35. The van der Waals surface area contributed by atoms with E-state index in [1.807, 2.05) is 6.92 Å². The second-order valence-corrected chi connectivity index (χ2v) is 8.31. The zero-order valence-corrected chi connectivity index (χ0v) is 19.5. The number of halogens is 1. The third-order valence-corrected chi connectivity index (χ3v) is 6.06. The molecule has 5 rings (SSSR count). The molecular formula is C27H23FN2O6. The Labute approximate surface area is 206 Å². The van der Waals surface area contributed by atoms with Gasteiger partial charge in [0.05, 0.1) is 24.3 Å². The lowest BCUT2D eigenvalue weighted by atomic mass is 10.1. The first-order valence-corrected chi connectivity index (χ1v) is 11.5. The minimum Gasteiger partial charge on any atom is -0.494 e. The zero-order chi connectivity index (χ0) is 25.2. The van der Waals surface area contributed by atoms with E-state index in [2.05, 4.69) is 0 Å². The van der Waals surface area contributed by atoms with Crippen LogP contribution in [-0.4, -0.2) is 42.1 Å². The van der Waals surface area contributed by atoms with Crippen LogP contribution in [0.5, 0.6) is 17.2 Å². The van der Waals surface area contributed by atoms with Gasteiger partial charge in [-0.25, -0.2) is 9.29 Å². The number of carbonyl (C=O) groups excluding carboxylic acids is 3. The molecule has 3 amide bonds. The molecule has 1 fully saturated rings. The Hall–Kier alpha value is -4.40. The molecule has 184 valence electrons. The molecular weight excluding hydrogens is 467 g/mol. The van der Waals surface area contributed by atoms with E-state index in [0.717, 1.165) is 4.90 Å². The molecule has 0 N–H and O–H groups in total. The van der Waals surface area contributed by atoms with Crippen molar-refractivity contribution >= 4 is 23.4 Å². The molecule has 0 spiro atoms. The Bertz CT molecular complexity index is 1330. The molecule has 1 atom stereocenters. The number of amides is 3. The van der Waals surface area contributed by atoms with Crippen molar-refractivity contribution in [3.63, 3.8) is 0 Å². The lowest BCUT2D eigenvalue weighted by Gasteiger charge is -2.28. The monoisotopic (exact) mass is 490 g/mol. The van der Waals surface area contributed by atoms with Gasteiger partial charge in [0.15, 0.2) is 11.5 Å². The number of rotatable bonds is 7. The van der Waals surface area contributed by atoms with Gasteiger partial charge in [-0.1, -0.05) is 18.2 Å². The van der Waals surface area contributed by atoms with Gasteiger partial charge >= 0.3 is 0 Å². The highest BCUT2D eigenvalue weighted by Gasteiger charge is 2.45. The summed E-state index contributed by atoms with van der Waals surface area (Å²) in [5.41, 5.74) is 0.832. The summed E-state index contributed by atoms with van der Waals surface area (Å²) in [5.74, 6) is -0.726. The fourth-order valence-corrected chi connectivity index (χ4v) is 4.34. The fourth-order valence-electron chi connectivity index (χ4n) is 4.34. The second kappa shape index (κ2) is 9.69. The minimum atomic E-state index is -1.11. The van der Waals surface area contributed by atoms with Crippen LogP contribution in [0.15, 0.2) is 66.7 Å². The summed E-state index contributed by atoms with van der Waals surface area (Å²) in [6.07, 6.45) is -0.225. The number of anilines is 1. The first-order valence-electron chi connectivity index (χ1n) is 11.5. The summed E-state index contributed by atoms with van der Waals surface area (Å²) >= 11 is 0. The molecule has 0 radical (unpaired) electrons. The second-order valence-electron chi connectivity index (χ2n) is 8.31. The summed E-state index contributed by atoms with van der Waals surface area (Å²) in [4.78, 5) is 42.3. The molecule has 36 heavy (non-hydrogen) atoms. The molecule has 1 saturated heterocycles. The largest absolute Gasteiger partial charge is 0.494 e. The number of hydrogen-bond acceptors (Lipinski definition) is 6. The van der Waals surface area contributed by atoms with Crippen molar-refractivity contribution in [1.29, 1.82) is 0 Å². The summed E-state index contributed by atoms with van der Waals surface area (Å²) in [5, 5.41) is 0. The minimum absolute atomic E-state index is 0.0371. The number of nitrogens with zero attached hydrogens (tertiary/aromatic N) is 2. The van der Waals surface area contributed by atoms with Crippen LogP contribution in [-0.2, 0) is 16.1 Å². The maximum absolute atomic E-state index is 14.6. The topological polar surface area (TPSA) is 85.4 Å². The maximum atomic E-state index is 14.6. The Balaban J connectivity index is 1.47. The van der Waals surface area contributed by atoms with Gasteiger partial charge in [0.1, 0.15) is 17.6 Å². The quantitative estimate of drug-likeness (QED) is 0.467. The lowest BCUT2D eigenvalue weighted by molar-refractivity contribution is -0.122. The highest BCUT2D eigenvalue weighted by Crippen LogP contribution is 2.34. The van der Waals surface area contributed by atoms with Gasteiger partial charge in [-0.05, 0) is 61.0 Å². The SMILES string of the molecule is CCOc1ccc(N2C(=O)CC(N(Cc3ccc4c(c3)OCO4)C(=O)c3ccccc3F)C2=O)cc1. The summed E-state index contributed by atoms with van der Waals surface area (Å²) in [7, 11) is 0. The van der Waals surface area contributed by atoms with Crippen molar-refractivity contribution in [2.24, 2.45) is 0 Å². The zero-order valence-electron chi connectivity index (χ0n) is 19.5. The van der Waals surface area contributed by atoms with Crippen molar-refractivity contribution in [1.82, 2.24) is 4.90 Å². The van der Waals surface area contributed by atoms with Gasteiger partial charge in [0.2, 0.25) is 12.7 Å². The van der Waals surface area contributed by atoms with E-state index in [9.17, 15) is 18.8 Å². The Kier molecular flexibility index (Phi) is 6.28. The molecule has 8 nitrogen and oxygen atoms in total. The number of carbonyl (C=O) groups is 3. The summed E-state index contributed by atoms with van der Waals surface area (Å²) in [6, 6.07) is 16.2. The van der Waals surface area contributed by atoms with Crippen molar-refractivity contribution in [2.75, 3.05) is 18.3 Å². The molecule has 0 bridgehead atoms. The van der Waals surface area contributed by atoms with E-state index in [1.165, 1.54) is 23.1 Å². The van der Waals surface area contributed by atoms with Crippen molar-refractivity contribution < 1.29 is 33.0 Å². The molecule has 9 heteroatoms. The van der Waals surface area contributed by atoms with Gasteiger partial charge in [-0.15, -0.1) is 0 Å². The van der Waals surface area contributed by atoms with Gasteiger partial charge in [0.25, 0.3) is 11.8 Å². The average Bonchev–Trinajstić information content (AvgIpc) is 3.46. The van der Waals surface area contributed by atoms with Crippen LogP contribution in [0.1, 0.15) is 29.3 Å². The first kappa shape index (κ1) is 23.3. The Morgan fingerprint density at radius 1 is 1.06 bits per heavy atom. The van der Waals surface area contributed by atoms with E-state index >= 15 is 0 Å². The first-order chi connectivity index (χ1) is 17.5. The Morgan fingerprint density at radius 2 is 1.81 bits per heavy atom. The van der Waals surface area contributed by atoms with Crippen LogP contribution in [0.2, 0.25) is 0 Å². The number of ether oxygens (including phenoxy) is 3. The van der Waals surface area contributed by atoms with Crippen LogP contribution in [0, 0.1) is 5.82 Å². The number of benzene rings is 3. The van der Waals surface area contributed by atoms with E-state index in [1.54, 1.807) is 48.5 Å². The molecule has 0 aromatic heterocycles. The van der Waals surface area contributed by atoms with Crippen LogP contribution >= 0.6 is 0 Å². The highest BCUT2D eigenvalue weighted by molar-refractivity contribution is 6.23. The van der Waals surface area contributed by atoms with Gasteiger partial charge in [-0.2, -0.15) is 0 Å². The van der Waals surface area contributed by atoms with Crippen LogP contribution in [0.3, 0.4) is 0 Å². The Morgan fingerprint density at radius 3 is 2.56 bits per heavy atom. The molecule has 3 aromatic carbocycles. The maximum Gasteiger partial charge on any atom is 0.257 e. The molecule has 1 unspecified atom stereocenters. The smallest absolute Gasteiger partial charge is 0.257 e. The average molecular weight is 490 g/mol. The molecule has 0 saturated carbocycles. The number of hydrogen-bond donors (Lipinski definition) is 0. The van der Waals surface area contributed by atoms with Gasteiger partial charge < -0.3 is 19.1 Å². The molecule has 2 aliphatic rings. The standard InChI is InChI=1S/C27H23FN2O6/c1-2-34-19-10-8-18(9-11-19)30-25(31)14-22(27(30)33)29(26(32)20-5-3-4-6-21(20)28)15-17-7-12-23-24(13-17)36-16-35-23/h3-13,22H,2,14-16H2,1H3. The van der Waals surface area contributed by atoms with Gasteiger partial charge in [0, 0.05) is 6.54 Å². The van der Waals surface area contributed by atoms with E-state index in [-0.39, 0.29) is 25.3 Å². The molecule has 3 aromatic rings. The van der Waals surface area contributed by atoms with Crippen molar-refractivity contribution in [2.45, 2.75) is 25.9 Å². The van der Waals surface area contributed by atoms with Crippen LogP contribution in [0.25, 0.3) is 0 Å². The number of fused-ring (bicyclic) bond motifs is 1. The van der Waals surface area contributed by atoms with Gasteiger partial charge in [-0.3, -0.25) is 14.4 Å². The lowest BCUT2D eigenvalue weighted by Crippen LogP contribution is -2.45. The molecule has 2 aliphatic heterocycles. The summed E-state index contributed by atoms with van der Waals surface area (Å²) in [6.45, 7) is 2.39. The number of imide groups is 1. The van der Waals surface area contributed by atoms with Crippen molar-refractivity contribution in [3.05, 3.63) is 83.7 Å². The van der Waals surface area contributed by atoms with E-state index < -0.39 is 29.6 Å². The molecule has 2 heterocycles. The predicted octanol–water partition coefficient (Wildman–Crippen LogP) is 3.93. The highest BCUT2D eigenvalue weighted by atomic mass is 19.1. The normalized spacial score (nSPS) is 16.4. The molecule has 0 aliphatic carbocycles. The fraction of sp³-hybridized carbons (Fsp3) is 0.222. The third-order valence-electron chi connectivity index (χ3n) is 6.06. The van der Waals surface area contributed by atoms with Crippen LogP contribution < -0.4 is 19.1 Å². The predicted molar refractivity (Wildman–Crippen MR) is 127 cm³/mol. The van der Waals surface area contributed by atoms with Crippen molar-refractivity contribution in [3.8, 4) is 17.2 Å². The van der Waals surface area contributed by atoms with E-state index in [0.29, 0.717) is 35.1 Å². The van der Waals surface area contributed by atoms with E-state index in [4.69, 9.17) is 14.2 Å². The van der Waals surface area contributed by atoms with Crippen LogP contribution in [0.4, 0.5) is 10.1 Å². The summed E-state index contributed by atoms with van der Waals surface area (Å²) < 4.78 is 30.8.